The van der Waals surface area contributed by atoms with Gasteiger partial charge < -0.3 is 15.2 Å². The average Bonchev–Trinajstić information content (AvgIpc) is 3.01. The number of carbonyl (C=O) groups is 2. The Morgan fingerprint density at radius 1 is 1.32 bits per heavy atom. The number of hydrogen-bond donors (Lipinski definition) is 3. The molecule has 0 spiro atoms. The molecule has 0 unspecified atom stereocenters. The summed E-state index contributed by atoms with van der Waals surface area (Å²) in [5.74, 6) is -1.31. The van der Waals surface area contributed by atoms with Gasteiger partial charge in [-0.05, 0) is 25.0 Å². The maximum absolute atomic E-state index is 11.6. The Morgan fingerprint density at radius 2 is 2.05 bits per heavy atom. The number of aromatic hydroxyl groups is 1. The van der Waals surface area contributed by atoms with Gasteiger partial charge in [0.15, 0.2) is 11.5 Å². The van der Waals surface area contributed by atoms with Crippen LogP contribution in [0.1, 0.15) is 31.2 Å². The van der Waals surface area contributed by atoms with Crippen LogP contribution in [-0.2, 0) is 9.59 Å². The van der Waals surface area contributed by atoms with Crippen molar-refractivity contribution >= 4 is 18.0 Å². The number of ether oxygens (including phenoxy) is 1. The van der Waals surface area contributed by atoms with Crippen LogP contribution in [0.4, 0.5) is 0 Å². The van der Waals surface area contributed by atoms with Crippen LogP contribution >= 0.6 is 0 Å². The molecule has 1 aromatic carbocycles. The van der Waals surface area contributed by atoms with Crippen molar-refractivity contribution in [3.05, 3.63) is 23.8 Å². The summed E-state index contributed by atoms with van der Waals surface area (Å²) < 4.78 is 4.96. The molecule has 0 aliphatic heterocycles. The summed E-state index contributed by atoms with van der Waals surface area (Å²) in [7, 11) is 1.44. The first kappa shape index (κ1) is 15.8. The molecule has 0 aromatic heterocycles. The third-order valence-corrected chi connectivity index (χ3v) is 3.52. The van der Waals surface area contributed by atoms with Gasteiger partial charge in [-0.15, -0.1) is 0 Å². The number of para-hydroxylation sites is 1. The molecule has 2 amide bonds. The molecule has 2 rings (SSSR count). The van der Waals surface area contributed by atoms with E-state index in [9.17, 15) is 14.7 Å². The normalized spacial score (nSPS) is 15.0. The Labute approximate surface area is 128 Å². The van der Waals surface area contributed by atoms with E-state index in [-0.39, 0.29) is 11.8 Å². The molecule has 1 saturated carbocycles. The van der Waals surface area contributed by atoms with E-state index in [0.29, 0.717) is 11.3 Å². The largest absolute Gasteiger partial charge is 0.504 e. The number of amides is 2. The van der Waals surface area contributed by atoms with Crippen LogP contribution in [0.2, 0.25) is 0 Å². The lowest BCUT2D eigenvalue weighted by atomic mass is 10.2. The molecule has 1 fully saturated rings. The molecule has 22 heavy (non-hydrogen) atoms. The Morgan fingerprint density at radius 3 is 2.73 bits per heavy atom. The summed E-state index contributed by atoms with van der Waals surface area (Å²) in [5.41, 5.74) is 2.51. The smallest absolute Gasteiger partial charge is 0.329 e. The number of benzene rings is 1. The van der Waals surface area contributed by atoms with Crippen LogP contribution in [0.3, 0.4) is 0 Å². The van der Waals surface area contributed by atoms with Crippen molar-refractivity contribution in [2.75, 3.05) is 7.11 Å². The van der Waals surface area contributed by atoms with Crippen molar-refractivity contribution in [3.63, 3.8) is 0 Å². The van der Waals surface area contributed by atoms with Crippen LogP contribution in [0.25, 0.3) is 0 Å². The topological polar surface area (TPSA) is 100 Å². The molecule has 0 heterocycles. The third-order valence-electron chi connectivity index (χ3n) is 3.52. The highest BCUT2D eigenvalue weighted by molar-refractivity contribution is 6.35. The number of hydrazone groups is 1. The highest BCUT2D eigenvalue weighted by Gasteiger charge is 2.21. The molecular weight excluding hydrogens is 286 g/mol. The van der Waals surface area contributed by atoms with Gasteiger partial charge in [0, 0.05) is 11.6 Å². The summed E-state index contributed by atoms with van der Waals surface area (Å²) in [4.78, 5) is 23.2. The lowest BCUT2D eigenvalue weighted by Gasteiger charge is -2.10. The molecule has 0 bridgehead atoms. The first-order chi connectivity index (χ1) is 10.6. The summed E-state index contributed by atoms with van der Waals surface area (Å²) >= 11 is 0. The summed E-state index contributed by atoms with van der Waals surface area (Å²) in [6.07, 6.45) is 5.19. The lowest BCUT2D eigenvalue weighted by Crippen LogP contribution is -2.42. The summed E-state index contributed by atoms with van der Waals surface area (Å²) in [6, 6.07) is 4.95. The van der Waals surface area contributed by atoms with Crippen LogP contribution in [-0.4, -0.2) is 36.3 Å². The minimum atomic E-state index is -0.828. The van der Waals surface area contributed by atoms with Gasteiger partial charge in [0.2, 0.25) is 0 Å². The van der Waals surface area contributed by atoms with Gasteiger partial charge in [0.05, 0.1) is 13.3 Å². The Hall–Kier alpha value is -2.57. The molecule has 7 nitrogen and oxygen atoms in total. The van der Waals surface area contributed by atoms with E-state index in [1.165, 1.54) is 13.3 Å². The average molecular weight is 305 g/mol. The summed E-state index contributed by atoms with van der Waals surface area (Å²) in [5, 5.41) is 16.2. The van der Waals surface area contributed by atoms with Gasteiger partial charge in [-0.3, -0.25) is 9.59 Å². The van der Waals surface area contributed by atoms with Gasteiger partial charge >= 0.3 is 11.8 Å². The van der Waals surface area contributed by atoms with Gasteiger partial charge in [-0.25, -0.2) is 5.43 Å². The first-order valence-corrected chi connectivity index (χ1v) is 7.11. The minimum Gasteiger partial charge on any atom is -0.504 e. The highest BCUT2D eigenvalue weighted by Crippen LogP contribution is 2.27. The van der Waals surface area contributed by atoms with Crippen molar-refractivity contribution < 1.29 is 19.4 Å². The lowest BCUT2D eigenvalue weighted by molar-refractivity contribution is -0.139. The zero-order valence-corrected chi connectivity index (χ0v) is 12.3. The highest BCUT2D eigenvalue weighted by atomic mass is 16.5. The number of phenols is 1. The minimum absolute atomic E-state index is 0.0738. The molecule has 0 atom stereocenters. The van der Waals surface area contributed by atoms with Crippen molar-refractivity contribution in [2.24, 2.45) is 5.10 Å². The second-order valence-corrected chi connectivity index (χ2v) is 5.05. The van der Waals surface area contributed by atoms with Crippen LogP contribution in [0.5, 0.6) is 11.5 Å². The molecule has 3 N–H and O–H groups in total. The first-order valence-electron chi connectivity index (χ1n) is 7.11. The SMILES string of the molecule is COc1cccc(C=NNC(=O)C(=O)NC2CCCC2)c1O. The molecule has 1 aromatic rings. The van der Waals surface area contributed by atoms with Crippen molar-refractivity contribution in [1.29, 1.82) is 0 Å². The van der Waals surface area contributed by atoms with Crippen molar-refractivity contribution in [1.82, 2.24) is 10.7 Å². The fourth-order valence-electron chi connectivity index (χ4n) is 2.34. The number of hydrogen-bond acceptors (Lipinski definition) is 5. The van der Waals surface area contributed by atoms with Crippen molar-refractivity contribution in [2.45, 2.75) is 31.7 Å². The molecule has 0 saturated heterocycles. The monoisotopic (exact) mass is 305 g/mol. The van der Waals surface area contributed by atoms with E-state index in [2.05, 4.69) is 15.8 Å². The van der Waals surface area contributed by atoms with E-state index in [0.717, 1.165) is 25.7 Å². The molecule has 7 heteroatoms. The number of nitrogens with one attached hydrogen (secondary N) is 2. The van der Waals surface area contributed by atoms with Gasteiger partial charge in [0.25, 0.3) is 0 Å². The van der Waals surface area contributed by atoms with Gasteiger partial charge in [0.1, 0.15) is 0 Å². The fraction of sp³-hybridized carbons (Fsp3) is 0.400. The Balaban J connectivity index is 1.88. The molecule has 118 valence electrons. The Bertz CT molecular complexity index is 580. The quantitative estimate of drug-likeness (QED) is 0.437. The molecule has 1 aliphatic rings. The fourth-order valence-corrected chi connectivity index (χ4v) is 2.34. The number of phenolic OH excluding ortho intramolecular Hbond substituents is 1. The number of nitrogens with zero attached hydrogens (tertiary/aromatic N) is 1. The van der Waals surface area contributed by atoms with Crippen LogP contribution in [0.15, 0.2) is 23.3 Å². The third kappa shape index (κ3) is 3.97. The van der Waals surface area contributed by atoms with E-state index in [4.69, 9.17) is 4.74 Å². The zero-order chi connectivity index (χ0) is 15.9. The molecule has 0 radical (unpaired) electrons. The maximum atomic E-state index is 11.6. The van der Waals surface area contributed by atoms with E-state index in [1.54, 1.807) is 18.2 Å². The van der Waals surface area contributed by atoms with Gasteiger partial charge in [-0.1, -0.05) is 18.9 Å². The predicted octanol–water partition coefficient (Wildman–Crippen LogP) is 0.910. The van der Waals surface area contributed by atoms with Crippen molar-refractivity contribution in [3.8, 4) is 11.5 Å². The van der Waals surface area contributed by atoms with Crippen LogP contribution in [0, 0.1) is 0 Å². The zero-order valence-electron chi connectivity index (χ0n) is 12.3. The van der Waals surface area contributed by atoms with Crippen LogP contribution < -0.4 is 15.5 Å². The number of methoxy groups -OCH3 is 1. The summed E-state index contributed by atoms with van der Waals surface area (Å²) in [6.45, 7) is 0. The van der Waals surface area contributed by atoms with E-state index < -0.39 is 11.8 Å². The second kappa shape index (κ2) is 7.44. The predicted molar refractivity (Wildman–Crippen MR) is 80.8 cm³/mol. The van der Waals surface area contributed by atoms with E-state index in [1.807, 2.05) is 0 Å². The number of carbonyl (C=O) groups excluding carboxylic acids is 2. The molecular formula is C15H19N3O4. The molecule has 1 aliphatic carbocycles. The van der Waals surface area contributed by atoms with Gasteiger partial charge in [-0.2, -0.15) is 5.10 Å². The standard InChI is InChI=1S/C15H19N3O4/c1-22-12-8-4-5-10(13(12)19)9-16-18-15(21)14(20)17-11-6-2-3-7-11/h4-5,8-9,11,19H,2-3,6-7H2,1H3,(H,17,20)(H,18,21). The number of rotatable bonds is 4. The van der Waals surface area contributed by atoms with E-state index >= 15 is 0 Å². The second-order valence-electron chi connectivity index (χ2n) is 5.05. The Kier molecular flexibility index (Phi) is 5.35. The maximum Gasteiger partial charge on any atom is 0.329 e.